The van der Waals surface area contributed by atoms with Crippen molar-refractivity contribution in [2.45, 2.75) is 44.4 Å². The van der Waals surface area contributed by atoms with Crippen LogP contribution in [-0.4, -0.2) is 50.7 Å². The Morgan fingerprint density at radius 3 is 2.12 bits per heavy atom. The number of carbonyl (C=O) groups excluding carboxylic acids is 3. The van der Waals surface area contributed by atoms with Gasteiger partial charge in [0, 0.05) is 43.7 Å². The molecule has 10 heteroatoms. The summed E-state index contributed by atoms with van der Waals surface area (Å²) in [7, 11) is -3.71. The monoisotopic (exact) mass is 488 g/mol. The van der Waals surface area contributed by atoms with Crippen LogP contribution in [0.5, 0.6) is 0 Å². The molecule has 0 saturated carbocycles. The summed E-state index contributed by atoms with van der Waals surface area (Å²) in [5.41, 5.74) is 7.08. The number of primary amides is 1. The van der Waals surface area contributed by atoms with Crippen molar-refractivity contribution in [3.63, 3.8) is 0 Å². The van der Waals surface area contributed by atoms with Gasteiger partial charge in [0.2, 0.25) is 27.7 Å². The first-order valence-corrected chi connectivity index (χ1v) is 12.6. The van der Waals surface area contributed by atoms with Gasteiger partial charge in [-0.1, -0.05) is 26.0 Å². The second kappa shape index (κ2) is 12.3. The number of hydrogen-bond acceptors (Lipinski definition) is 5. The molecular formula is C24H32N4O5S. The van der Waals surface area contributed by atoms with Gasteiger partial charge in [-0.25, -0.2) is 13.1 Å². The van der Waals surface area contributed by atoms with Gasteiger partial charge in [-0.3, -0.25) is 14.4 Å². The van der Waals surface area contributed by atoms with Crippen LogP contribution in [-0.2, 0) is 19.6 Å². The number of carbonyl (C=O) groups is 3. The zero-order chi connectivity index (χ0) is 25.3. The highest BCUT2D eigenvalue weighted by Crippen LogP contribution is 2.17. The van der Waals surface area contributed by atoms with E-state index in [1.165, 1.54) is 17.0 Å². The van der Waals surface area contributed by atoms with E-state index in [1.54, 1.807) is 43.3 Å². The van der Waals surface area contributed by atoms with E-state index in [2.05, 4.69) is 10.0 Å². The third kappa shape index (κ3) is 7.96. The summed E-state index contributed by atoms with van der Waals surface area (Å²) in [5.74, 6) is -0.796. The normalized spacial score (nSPS) is 11.3. The first-order chi connectivity index (χ1) is 16.0. The number of nitrogens with zero attached hydrogens (tertiary/aromatic N) is 1. The fourth-order valence-corrected chi connectivity index (χ4v) is 4.23. The summed E-state index contributed by atoms with van der Waals surface area (Å²) < 4.78 is 27.4. The maximum absolute atomic E-state index is 12.5. The van der Waals surface area contributed by atoms with Gasteiger partial charge in [0.25, 0.3) is 0 Å². The zero-order valence-corrected chi connectivity index (χ0v) is 20.5. The number of benzene rings is 2. The lowest BCUT2D eigenvalue weighted by atomic mass is 10.0. The van der Waals surface area contributed by atoms with Crippen LogP contribution in [0.1, 0.15) is 55.5 Å². The molecule has 9 nitrogen and oxygen atoms in total. The summed E-state index contributed by atoms with van der Waals surface area (Å²) >= 11 is 0. The number of hydrogen-bond donors (Lipinski definition) is 3. The summed E-state index contributed by atoms with van der Waals surface area (Å²) in [6, 6.07) is 12.8. The molecule has 0 bridgehead atoms. The van der Waals surface area contributed by atoms with E-state index in [0.29, 0.717) is 23.7 Å². The molecule has 2 aromatic rings. The van der Waals surface area contributed by atoms with E-state index < -0.39 is 15.9 Å². The fraction of sp³-hybridized carbons (Fsp3) is 0.375. The highest BCUT2D eigenvalue weighted by atomic mass is 32.2. The lowest BCUT2D eigenvalue weighted by molar-refractivity contribution is -0.131. The summed E-state index contributed by atoms with van der Waals surface area (Å²) in [6.07, 6.45) is 0.0540. The molecule has 4 N–H and O–H groups in total. The van der Waals surface area contributed by atoms with Crippen LogP contribution in [0.2, 0.25) is 0 Å². The molecule has 0 heterocycles. The van der Waals surface area contributed by atoms with Crippen LogP contribution in [0.15, 0.2) is 53.4 Å². The number of amides is 3. The van der Waals surface area contributed by atoms with Crippen molar-refractivity contribution in [1.82, 2.24) is 9.62 Å². The third-order valence-electron chi connectivity index (χ3n) is 5.28. The Bertz CT molecular complexity index is 1100. The maximum atomic E-state index is 12.5. The Labute approximate surface area is 200 Å². The molecule has 0 spiro atoms. The Morgan fingerprint density at radius 2 is 1.59 bits per heavy atom. The number of nitrogens with one attached hydrogen (secondary N) is 2. The zero-order valence-electron chi connectivity index (χ0n) is 19.7. The molecule has 0 aliphatic carbocycles. The SMILES string of the molecule is CCN(CCC(=O)Nc1ccc(C(N)=O)cc1)C(=O)CCNS(=O)(=O)c1ccc(C(C)C)cc1. The molecule has 2 aromatic carbocycles. The molecule has 3 amide bonds. The molecule has 0 aliphatic heterocycles. The molecule has 0 atom stereocenters. The van der Waals surface area contributed by atoms with Crippen molar-refractivity contribution in [2.75, 3.05) is 25.0 Å². The van der Waals surface area contributed by atoms with Gasteiger partial charge in [0.05, 0.1) is 4.90 Å². The highest BCUT2D eigenvalue weighted by Gasteiger charge is 2.17. The maximum Gasteiger partial charge on any atom is 0.248 e. The van der Waals surface area contributed by atoms with Crippen LogP contribution in [0.25, 0.3) is 0 Å². The minimum absolute atomic E-state index is 0.0205. The average Bonchev–Trinajstić information content (AvgIpc) is 2.79. The average molecular weight is 489 g/mol. The second-order valence-corrected chi connectivity index (χ2v) is 9.85. The first-order valence-electron chi connectivity index (χ1n) is 11.1. The number of sulfonamides is 1. The smallest absolute Gasteiger partial charge is 0.248 e. The Morgan fingerprint density at radius 1 is 0.971 bits per heavy atom. The quantitative estimate of drug-likeness (QED) is 0.421. The van der Waals surface area contributed by atoms with Gasteiger partial charge in [0.15, 0.2) is 0 Å². The summed E-state index contributed by atoms with van der Waals surface area (Å²) in [5, 5.41) is 2.70. The van der Waals surface area contributed by atoms with Crippen LogP contribution in [0.3, 0.4) is 0 Å². The van der Waals surface area contributed by atoms with Crippen molar-refractivity contribution in [1.29, 1.82) is 0 Å². The molecule has 0 aliphatic rings. The van der Waals surface area contributed by atoms with Crippen LogP contribution < -0.4 is 15.8 Å². The van der Waals surface area contributed by atoms with E-state index in [1.807, 2.05) is 13.8 Å². The van der Waals surface area contributed by atoms with Crippen LogP contribution in [0, 0.1) is 0 Å². The van der Waals surface area contributed by atoms with Crippen LogP contribution >= 0.6 is 0 Å². The van der Waals surface area contributed by atoms with Crippen molar-refractivity contribution < 1.29 is 22.8 Å². The van der Waals surface area contributed by atoms with Crippen molar-refractivity contribution in [3.05, 3.63) is 59.7 Å². The van der Waals surface area contributed by atoms with E-state index in [9.17, 15) is 22.8 Å². The molecule has 0 radical (unpaired) electrons. The number of rotatable bonds is 12. The van der Waals surface area contributed by atoms with Crippen molar-refractivity contribution in [2.24, 2.45) is 5.73 Å². The first kappa shape index (κ1) is 27.0. The predicted octanol–water partition coefficient (Wildman–Crippen LogP) is 2.45. The van der Waals surface area contributed by atoms with Crippen molar-refractivity contribution in [3.8, 4) is 0 Å². The molecule has 34 heavy (non-hydrogen) atoms. The minimum Gasteiger partial charge on any atom is -0.366 e. The Balaban J connectivity index is 1.81. The number of nitrogens with two attached hydrogens (primary N) is 1. The van der Waals surface area contributed by atoms with Crippen molar-refractivity contribution >= 4 is 33.4 Å². The molecule has 0 fully saturated rings. The van der Waals surface area contributed by atoms with Gasteiger partial charge in [-0.05, 0) is 54.8 Å². The van der Waals surface area contributed by atoms with Gasteiger partial charge < -0.3 is 16.0 Å². The molecule has 0 aromatic heterocycles. The molecule has 2 rings (SSSR count). The van der Waals surface area contributed by atoms with E-state index in [4.69, 9.17) is 5.73 Å². The van der Waals surface area contributed by atoms with E-state index >= 15 is 0 Å². The molecular weight excluding hydrogens is 456 g/mol. The fourth-order valence-electron chi connectivity index (χ4n) is 3.20. The number of anilines is 1. The van der Waals surface area contributed by atoms with E-state index in [-0.39, 0.29) is 42.6 Å². The summed E-state index contributed by atoms with van der Waals surface area (Å²) in [4.78, 5) is 37.5. The third-order valence-corrected chi connectivity index (χ3v) is 6.76. The van der Waals surface area contributed by atoms with Gasteiger partial charge >= 0.3 is 0 Å². The topological polar surface area (TPSA) is 139 Å². The second-order valence-electron chi connectivity index (χ2n) is 8.08. The molecule has 0 saturated heterocycles. The highest BCUT2D eigenvalue weighted by molar-refractivity contribution is 7.89. The lowest BCUT2D eigenvalue weighted by Gasteiger charge is -2.21. The standard InChI is InChI=1S/C24H32N4O5S/c1-4-28(16-14-22(29)27-20-9-5-19(6-10-20)24(25)31)23(30)13-15-26-34(32,33)21-11-7-18(8-12-21)17(2)3/h5-12,17,26H,4,13-16H2,1-3H3,(H2,25,31)(H,27,29). The Kier molecular flexibility index (Phi) is 9.76. The lowest BCUT2D eigenvalue weighted by Crippen LogP contribution is -2.36. The van der Waals surface area contributed by atoms with Gasteiger partial charge in [0.1, 0.15) is 0 Å². The van der Waals surface area contributed by atoms with Crippen LogP contribution in [0.4, 0.5) is 5.69 Å². The predicted molar refractivity (Wildman–Crippen MR) is 131 cm³/mol. The Hall–Kier alpha value is -3.24. The minimum atomic E-state index is -3.71. The van der Waals surface area contributed by atoms with Gasteiger partial charge in [-0.2, -0.15) is 0 Å². The molecule has 0 unspecified atom stereocenters. The van der Waals surface area contributed by atoms with E-state index in [0.717, 1.165) is 5.56 Å². The largest absolute Gasteiger partial charge is 0.366 e. The van der Waals surface area contributed by atoms with Gasteiger partial charge in [-0.15, -0.1) is 0 Å². The summed E-state index contributed by atoms with van der Waals surface area (Å²) in [6.45, 7) is 6.39. The molecule has 184 valence electrons.